The van der Waals surface area contributed by atoms with E-state index in [1.54, 1.807) is 24.3 Å². The number of rotatable bonds is 5. The number of amides is 2. The van der Waals surface area contributed by atoms with Crippen LogP contribution in [0.3, 0.4) is 0 Å². The van der Waals surface area contributed by atoms with E-state index in [1.807, 2.05) is 0 Å². The first-order valence-electron chi connectivity index (χ1n) is 7.72. The minimum Gasteiger partial charge on any atom is -0.569 e. The summed E-state index contributed by atoms with van der Waals surface area (Å²) in [5.41, 5.74) is 0.566. The van der Waals surface area contributed by atoms with Crippen LogP contribution in [0.15, 0.2) is 29.5 Å². The highest BCUT2D eigenvalue weighted by Gasteiger charge is 2.36. The average Bonchev–Trinajstić information content (AvgIpc) is 2.87. The predicted octanol–water partition coefficient (Wildman–Crippen LogP) is 0.846. The largest absolute Gasteiger partial charge is 0.569 e. The van der Waals surface area contributed by atoms with Gasteiger partial charge < -0.3 is 15.2 Å². The van der Waals surface area contributed by atoms with Gasteiger partial charge in [0.1, 0.15) is 0 Å². The molecule has 2 amide bonds. The van der Waals surface area contributed by atoms with Crippen molar-refractivity contribution in [2.45, 2.75) is 12.8 Å². The molecule has 1 aromatic rings. The van der Waals surface area contributed by atoms with Gasteiger partial charge in [-0.25, -0.2) is 4.90 Å². The van der Waals surface area contributed by atoms with E-state index >= 15 is 0 Å². The molecule has 0 aliphatic carbocycles. The van der Waals surface area contributed by atoms with Crippen molar-refractivity contribution < 1.29 is 29.3 Å². The molecule has 1 fully saturated rings. The molecule has 0 aromatic heterocycles. The number of hydrogen-bond acceptors (Lipinski definition) is 6. The van der Waals surface area contributed by atoms with Crippen molar-refractivity contribution in [1.82, 2.24) is 9.91 Å². The standard InChI is InChI=1S/C15H16N4O6/c20-13-11-3-1-2-4-12(11)14(21)18(13)9-25-16-19(24)17-7-5-10(6-8-17)15(22)23/h1-4,10H,5-9H2,(H,22,23)/b19-16-. The van der Waals surface area contributed by atoms with Gasteiger partial charge in [0, 0.05) is 0 Å². The molecule has 0 unspecified atom stereocenters. The number of benzene rings is 1. The summed E-state index contributed by atoms with van der Waals surface area (Å²) in [5, 5.41) is 25.4. The average molecular weight is 348 g/mol. The number of carboxylic acid groups (broad SMARTS) is 1. The maximum absolute atomic E-state index is 12.1. The Bertz CT molecular complexity index is 706. The first-order valence-corrected chi connectivity index (χ1v) is 7.72. The highest BCUT2D eigenvalue weighted by molar-refractivity contribution is 6.21. The van der Waals surface area contributed by atoms with Crippen LogP contribution < -0.4 is 0 Å². The SMILES string of the molecule is O=C(O)C1CCN(/[N+]([O-])=N/OCN2C(=O)c3ccccc3C2=O)CC1. The molecule has 0 atom stereocenters. The van der Waals surface area contributed by atoms with Crippen molar-refractivity contribution in [2.75, 3.05) is 19.8 Å². The van der Waals surface area contributed by atoms with E-state index in [-0.39, 0.29) is 29.2 Å². The fourth-order valence-electron chi connectivity index (χ4n) is 2.82. The Labute approximate surface area is 142 Å². The minimum atomic E-state index is -0.879. The lowest BCUT2D eigenvalue weighted by molar-refractivity contribution is -0.713. The fourth-order valence-corrected chi connectivity index (χ4v) is 2.82. The number of hydrogen-bond donors (Lipinski definition) is 1. The maximum atomic E-state index is 12.1. The minimum absolute atomic E-state index is 0.218. The molecule has 2 aliphatic rings. The van der Waals surface area contributed by atoms with Crippen molar-refractivity contribution in [3.63, 3.8) is 0 Å². The second-order valence-electron chi connectivity index (χ2n) is 5.74. The number of fused-ring (bicyclic) bond motifs is 1. The van der Waals surface area contributed by atoms with Crippen molar-refractivity contribution >= 4 is 17.8 Å². The summed E-state index contributed by atoms with van der Waals surface area (Å²) < 4.78 is 0. The number of piperidine rings is 1. The summed E-state index contributed by atoms with van der Waals surface area (Å²) >= 11 is 0. The van der Waals surface area contributed by atoms with Crippen LogP contribution in [0.25, 0.3) is 0 Å². The van der Waals surface area contributed by atoms with Crippen LogP contribution in [0.4, 0.5) is 0 Å². The second-order valence-corrected chi connectivity index (χ2v) is 5.74. The van der Waals surface area contributed by atoms with E-state index in [1.165, 1.54) is 5.01 Å². The Morgan fingerprint density at radius 2 is 1.80 bits per heavy atom. The predicted molar refractivity (Wildman–Crippen MR) is 80.9 cm³/mol. The van der Waals surface area contributed by atoms with Gasteiger partial charge in [-0.2, -0.15) is 0 Å². The third kappa shape index (κ3) is 3.23. The van der Waals surface area contributed by atoms with E-state index in [9.17, 15) is 19.6 Å². The third-order valence-corrected chi connectivity index (χ3v) is 4.26. The van der Waals surface area contributed by atoms with Crippen LogP contribution in [0.5, 0.6) is 0 Å². The van der Waals surface area contributed by atoms with Gasteiger partial charge in [0.25, 0.3) is 11.8 Å². The lowest BCUT2D eigenvalue weighted by atomic mass is 9.98. The molecular weight excluding hydrogens is 332 g/mol. The normalized spacial score (nSPS) is 18.5. The van der Waals surface area contributed by atoms with Gasteiger partial charge in [0.05, 0.1) is 35.1 Å². The summed E-state index contributed by atoms with van der Waals surface area (Å²) in [6, 6.07) is 6.39. The first kappa shape index (κ1) is 16.7. The summed E-state index contributed by atoms with van der Waals surface area (Å²) in [7, 11) is 0. The van der Waals surface area contributed by atoms with Crippen LogP contribution in [-0.2, 0) is 9.63 Å². The zero-order valence-corrected chi connectivity index (χ0v) is 13.2. The van der Waals surface area contributed by atoms with E-state index in [0.29, 0.717) is 12.8 Å². The van der Waals surface area contributed by atoms with Crippen molar-refractivity contribution in [1.29, 1.82) is 0 Å². The molecule has 1 N–H and O–H groups in total. The van der Waals surface area contributed by atoms with Gasteiger partial charge in [-0.3, -0.25) is 14.4 Å². The molecule has 25 heavy (non-hydrogen) atoms. The number of aliphatic carboxylic acids is 1. The highest BCUT2D eigenvalue weighted by Crippen LogP contribution is 2.22. The summed E-state index contributed by atoms with van der Waals surface area (Å²) in [6.45, 7) is -0.00261. The van der Waals surface area contributed by atoms with E-state index in [0.717, 1.165) is 4.90 Å². The number of carbonyl (C=O) groups excluding carboxylic acids is 2. The second kappa shape index (κ2) is 6.75. The van der Waals surface area contributed by atoms with Gasteiger partial charge in [-0.05, 0) is 25.0 Å². The van der Waals surface area contributed by atoms with Gasteiger partial charge in [0.2, 0.25) is 12.0 Å². The van der Waals surface area contributed by atoms with Gasteiger partial charge >= 0.3 is 5.97 Å². The summed E-state index contributed by atoms with van der Waals surface area (Å²) in [5.74, 6) is -2.36. The van der Waals surface area contributed by atoms with Crippen LogP contribution in [-0.4, -0.2) is 57.6 Å². The highest BCUT2D eigenvalue weighted by atomic mass is 16.7. The Hall–Kier alpha value is -3.17. The van der Waals surface area contributed by atoms with Gasteiger partial charge in [0.15, 0.2) is 0 Å². The fraction of sp³-hybridized carbons (Fsp3) is 0.400. The van der Waals surface area contributed by atoms with Gasteiger partial charge in [-0.1, -0.05) is 12.1 Å². The zero-order chi connectivity index (χ0) is 18.0. The number of carbonyl (C=O) groups is 3. The topological polar surface area (TPSA) is 126 Å². The summed E-state index contributed by atoms with van der Waals surface area (Å²) in [6.07, 6.45) is 0.671. The molecule has 2 heterocycles. The monoisotopic (exact) mass is 348 g/mol. The third-order valence-electron chi connectivity index (χ3n) is 4.26. The van der Waals surface area contributed by atoms with Gasteiger partial charge in [-0.15, -0.1) is 5.01 Å². The molecule has 1 saturated heterocycles. The number of carboxylic acids is 1. The molecule has 1 aromatic carbocycles. The van der Waals surface area contributed by atoms with Crippen molar-refractivity contribution in [3.8, 4) is 0 Å². The van der Waals surface area contributed by atoms with E-state index < -0.39 is 30.4 Å². The number of nitrogens with zero attached hydrogens (tertiary/aromatic N) is 4. The van der Waals surface area contributed by atoms with Crippen LogP contribution in [0.1, 0.15) is 33.6 Å². The Morgan fingerprint density at radius 3 is 2.32 bits per heavy atom. The quantitative estimate of drug-likeness (QED) is 0.362. The van der Waals surface area contributed by atoms with Crippen LogP contribution in [0, 0.1) is 11.1 Å². The van der Waals surface area contributed by atoms with Crippen LogP contribution in [0.2, 0.25) is 0 Å². The maximum Gasteiger partial charge on any atom is 0.306 e. The molecule has 132 valence electrons. The molecule has 0 saturated carbocycles. The molecule has 3 rings (SSSR count). The molecule has 10 heteroatoms. The molecule has 0 radical (unpaired) electrons. The molecule has 10 nitrogen and oxygen atoms in total. The molecule has 2 aliphatic heterocycles. The van der Waals surface area contributed by atoms with Crippen LogP contribution >= 0.6 is 0 Å². The zero-order valence-electron chi connectivity index (χ0n) is 13.2. The molecular formula is C15H16N4O6. The van der Waals surface area contributed by atoms with E-state index in [2.05, 4.69) is 5.28 Å². The number of imide groups is 1. The van der Waals surface area contributed by atoms with E-state index in [4.69, 9.17) is 9.94 Å². The molecule has 0 spiro atoms. The number of hydrazine groups is 1. The lowest BCUT2D eigenvalue weighted by Gasteiger charge is -2.25. The lowest BCUT2D eigenvalue weighted by Crippen LogP contribution is -2.40. The van der Waals surface area contributed by atoms with Crippen molar-refractivity contribution in [2.24, 2.45) is 11.2 Å². The Balaban J connectivity index is 1.55. The summed E-state index contributed by atoms with van der Waals surface area (Å²) in [4.78, 5) is 41.0. The Kier molecular flexibility index (Phi) is 4.50. The molecule has 0 bridgehead atoms. The Morgan fingerprint density at radius 1 is 1.24 bits per heavy atom. The first-order chi connectivity index (χ1) is 12.0. The smallest absolute Gasteiger partial charge is 0.306 e. The van der Waals surface area contributed by atoms with Crippen molar-refractivity contribution in [3.05, 3.63) is 40.6 Å².